The predicted octanol–water partition coefficient (Wildman–Crippen LogP) is 4.29. The van der Waals surface area contributed by atoms with Crippen LogP contribution in [-0.4, -0.2) is 23.3 Å². The zero-order valence-electron chi connectivity index (χ0n) is 15.3. The maximum absolute atomic E-state index is 12.9. The number of benzene rings is 1. The van der Waals surface area contributed by atoms with E-state index in [-0.39, 0.29) is 5.70 Å². The van der Waals surface area contributed by atoms with Crippen LogP contribution in [0.3, 0.4) is 0 Å². The monoisotopic (exact) mass is 357 g/mol. The Morgan fingerprint density at radius 3 is 2.54 bits per heavy atom. The maximum Gasteiger partial charge on any atom is 0.419 e. The van der Waals surface area contributed by atoms with Crippen LogP contribution >= 0.6 is 0 Å². The van der Waals surface area contributed by atoms with Gasteiger partial charge in [-0.25, -0.2) is 14.5 Å². The summed E-state index contributed by atoms with van der Waals surface area (Å²) in [5, 5.41) is 0. The average Bonchev–Trinajstić information content (AvgIpc) is 2.83. The third-order valence-electron chi connectivity index (χ3n) is 4.89. The average molecular weight is 357 g/mol. The van der Waals surface area contributed by atoms with Gasteiger partial charge in [0.15, 0.2) is 22.8 Å². The van der Waals surface area contributed by atoms with Gasteiger partial charge in [0, 0.05) is 0 Å². The highest BCUT2D eigenvalue weighted by atomic mass is 16.6. The largest absolute Gasteiger partial charge is 0.453 e. The van der Waals surface area contributed by atoms with E-state index in [9.17, 15) is 9.59 Å². The number of rotatable bonds is 0. The van der Waals surface area contributed by atoms with Crippen LogP contribution in [-0.2, 0) is 14.3 Å². The number of para-hydroxylation sites is 2. The number of amides is 1. The normalized spacial score (nSPS) is 21.0. The van der Waals surface area contributed by atoms with Crippen LogP contribution in [0, 0.1) is 0 Å². The first-order valence-corrected chi connectivity index (χ1v) is 9.09. The van der Waals surface area contributed by atoms with Crippen molar-refractivity contribution >= 4 is 17.7 Å². The molecule has 2 aliphatic heterocycles. The second kappa shape index (κ2) is 5.76. The van der Waals surface area contributed by atoms with Gasteiger partial charge in [0.2, 0.25) is 0 Å². The Morgan fingerprint density at radius 2 is 1.85 bits per heavy atom. The molecule has 1 aromatic rings. The molecule has 0 unspecified atom stereocenters. The van der Waals surface area contributed by atoms with Crippen LogP contribution in [0.1, 0.15) is 52.9 Å². The van der Waals surface area contributed by atoms with Crippen molar-refractivity contribution in [2.45, 2.75) is 64.1 Å². The Balaban J connectivity index is 1.83. The minimum Gasteiger partial charge on any atom is -0.453 e. The molecule has 138 valence electrons. The van der Waals surface area contributed by atoms with Gasteiger partial charge in [-0.3, -0.25) is 0 Å². The number of esters is 1. The van der Waals surface area contributed by atoms with Gasteiger partial charge in [-0.05, 0) is 58.6 Å². The molecule has 6 heteroatoms. The first-order valence-electron chi connectivity index (χ1n) is 9.09. The van der Waals surface area contributed by atoms with Gasteiger partial charge >= 0.3 is 12.1 Å². The first-order chi connectivity index (χ1) is 12.3. The van der Waals surface area contributed by atoms with E-state index in [2.05, 4.69) is 0 Å². The Labute approximate surface area is 152 Å². The third kappa shape index (κ3) is 2.64. The SMILES string of the molecule is CC(C)(C)OC(=O)N1C2=C(Oc3ccccc31)C1(CCCCC1)OC2=O. The highest BCUT2D eigenvalue weighted by Crippen LogP contribution is 2.50. The fourth-order valence-corrected chi connectivity index (χ4v) is 3.82. The van der Waals surface area contributed by atoms with Crippen molar-refractivity contribution in [2.24, 2.45) is 0 Å². The van der Waals surface area contributed by atoms with Crippen LogP contribution in [0.2, 0.25) is 0 Å². The van der Waals surface area contributed by atoms with Crippen molar-refractivity contribution in [1.82, 2.24) is 0 Å². The van der Waals surface area contributed by atoms with Crippen molar-refractivity contribution in [1.29, 1.82) is 0 Å². The molecule has 2 heterocycles. The van der Waals surface area contributed by atoms with E-state index in [4.69, 9.17) is 14.2 Å². The van der Waals surface area contributed by atoms with Crippen LogP contribution in [0.4, 0.5) is 10.5 Å². The molecule has 0 saturated heterocycles. The fraction of sp³-hybridized carbons (Fsp3) is 0.500. The summed E-state index contributed by atoms with van der Waals surface area (Å²) >= 11 is 0. The van der Waals surface area contributed by atoms with Gasteiger partial charge in [-0.1, -0.05) is 18.6 Å². The van der Waals surface area contributed by atoms with Crippen molar-refractivity contribution in [3.05, 3.63) is 35.7 Å². The van der Waals surface area contributed by atoms with Gasteiger partial charge in [0.25, 0.3) is 0 Å². The van der Waals surface area contributed by atoms with Gasteiger partial charge in [0.05, 0.1) is 5.69 Å². The number of nitrogens with zero attached hydrogens (tertiary/aromatic N) is 1. The van der Waals surface area contributed by atoms with Gasteiger partial charge in [-0.15, -0.1) is 0 Å². The zero-order valence-corrected chi connectivity index (χ0v) is 15.3. The van der Waals surface area contributed by atoms with Crippen molar-refractivity contribution < 1.29 is 23.8 Å². The molecule has 0 radical (unpaired) electrons. The molecule has 1 spiro atoms. The summed E-state index contributed by atoms with van der Waals surface area (Å²) in [6.45, 7) is 5.38. The smallest absolute Gasteiger partial charge is 0.419 e. The summed E-state index contributed by atoms with van der Waals surface area (Å²) in [7, 11) is 0. The number of fused-ring (bicyclic) bond motifs is 2. The molecule has 1 aliphatic carbocycles. The second-order valence-electron chi connectivity index (χ2n) is 8.01. The van der Waals surface area contributed by atoms with E-state index in [0.717, 1.165) is 19.3 Å². The Kier molecular flexibility index (Phi) is 3.75. The Hall–Kier alpha value is -2.50. The van der Waals surface area contributed by atoms with Gasteiger partial charge in [-0.2, -0.15) is 0 Å². The summed E-state index contributed by atoms with van der Waals surface area (Å²) in [4.78, 5) is 27.0. The van der Waals surface area contributed by atoms with Crippen LogP contribution < -0.4 is 9.64 Å². The molecule has 0 bridgehead atoms. The van der Waals surface area contributed by atoms with E-state index in [0.29, 0.717) is 30.0 Å². The van der Waals surface area contributed by atoms with Crippen molar-refractivity contribution in [3.63, 3.8) is 0 Å². The molecular formula is C20H23NO5. The number of hydrogen-bond donors (Lipinski definition) is 0. The molecule has 4 rings (SSSR count). The number of hydrogen-bond acceptors (Lipinski definition) is 5. The molecule has 0 aromatic heterocycles. The number of carbonyl (C=O) groups excluding carboxylic acids is 2. The third-order valence-corrected chi connectivity index (χ3v) is 4.89. The Bertz CT molecular complexity index is 799. The quantitative estimate of drug-likeness (QED) is 0.648. The molecule has 0 atom stereocenters. The lowest BCUT2D eigenvalue weighted by Crippen LogP contribution is -2.41. The van der Waals surface area contributed by atoms with Crippen molar-refractivity contribution in [2.75, 3.05) is 4.90 Å². The van der Waals surface area contributed by atoms with E-state index in [1.54, 1.807) is 39.0 Å². The Morgan fingerprint density at radius 1 is 1.15 bits per heavy atom. The minimum absolute atomic E-state index is 0.153. The first kappa shape index (κ1) is 16.9. The maximum atomic E-state index is 12.9. The molecule has 26 heavy (non-hydrogen) atoms. The number of ether oxygens (including phenoxy) is 3. The van der Waals surface area contributed by atoms with E-state index in [1.807, 2.05) is 6.07 Å². The molecule has 6 nitrogen and oxygen atoms in total. The van der Waals surface area contributed by atoms with Gasteiger partial charge < -0.3 is 14.2 Å². The summed E-state index contributed by atoms with van der Waals surface area (Å²) in [5.74, 6) is 0.453. The molecule has 0 N–H and O–H groups in total. The summed E-state index contributed by atoms with van der Waals surface area (Å²) in [6, 6.07) is 7.16. The van der Waals surface area contributed by atoms with Crippen LogP contribution in [0.5, 0.6) is 5.75 Å². The van der Waals surface area contributed by atoms with Crippen LogP contribution in [0.15, 0.2) is 35.7 Å². The fourth-order valence-electron chi connectivity index (χ4n) is 3.82. The van der Waals surface area contributed by atoms with Crippen LogP contribution in [0.25, 0.3) is 0 Å². The predicted molar refractivity (Wildman–Crippen MR) is 94.7 cm³/mol. The lowest BCUT2D eigenvalue weighted by Gasteiger charge is -2.36. The molecule has 1 saturated carbocycles. The van der Waals surface area contributed by atoms with E-state index < -0.39 is 23.3 Å². The number of carbonyl (C=O) groups is 2. The highest BCUT2D eigenvalue weighted by molar-refractivity contribution is 6.08. The molecule has 3 aliphatic rings. The molecule has 1 aromatic carbocycles. The van der Waals surface area contributed by atoms with E-state index >= 15 is 0 Å². The lowest BCUT2D eigenvalue weighted by molar-refractivity contribution is -0.150. The van der Waals surface area contributed by atoms with E-state index in [1.165, 1.54) is 4.90 Å². The summed E-state index contributed by atoms with van der Waals surface area (Å²) < 4.78 is 17.5. The van der Waals surface area contributed by atoms with Gasteiger partial charge in [0.1, 0.15) is 5.60 Å². The highest BCUT2D eigenvalue weighted by Gasteiger charge is 2.55. The zero-order chi connectivity index (χ0) is 18.5. The number of anilines is 1. The molecule has 1 amide bonds. The lowest BCUT2D eigenvalue weighted by atomic mass is 9.83. The minimum atomic E-state index is -0.765. The summed E-state index contributed by atoms with van der Waals surface area (Å²) in [6.07, 6.45) is 3.84. The topological polar surface area (TPSA) is 65.1 Å². The molecular weight excluding hydrogens is 334 g/mol. The molecule has 1 fully saturated rings. The summed E-state index contributed by atoms with van der Waals surface area (Å²) in [5.41, 5.74) is -0.806. The second-order valence-corrected chi connectivity index (χ2v) is 8.01. The van der Waals surface area contributed by atoms with Crippen molar-refractivity contribution in [3.8, 4) is 5.75 Å². The standard InChI is InChI=1S/C20H23NO5/c1-19(2,3)26-18(23)21-13-9-5-6-10-14(13)24-16-15(21)17(22)25-20(16)11-7-4-8-12-20/h5-6,9-10H,4,7-8,11-12H2,1-3H3.